The molecule has 1 fully saturated rings. The zero-order chi connectivity index (χ0) is 23.7. The van der Waals surface area contributed by atoms with Gasteiger partial charge in [0.2, 0.25) is 11.8 Å². The van der Waals surface area contributed by atoms with E-state index >= 15 is 0 Å². The van der Waals surface area contributed by atoms with Gasteiger partial charge in [0.25, 0.3) is 0 Å². The van der Waals surface area contributed by atoms with Gasteiger partial charge in [-0.05, 0) is 43.4 Å². The van der Waals surface area contributed by atoms with Crippen LogP contribution in [0.25, 0.3) is 0 Å². The van der Waals surface area contributed by atoms with Gasteiger partial charge in [-0.3, -0.25) is 14.4 Å². The van der Waals surface area contributed by atoms with Crippen molar-refractivity contribution in [3.05, 3.63) is 34.9 Å². The molecule has 3 N–H and O–H groups in total. The zero-order valence-electron chi connectivity index (χ0n) is 19.1. The number of rotatable bonds is 10. The minimum atomic E-state index is -0.809. The summed E-state index contributed by atoms with van der Waals surface area (Å²) in [5.41, 5.74) is 6.27. The standard InChI is InChI=1S/C23H34ClN3O5/c1-4-17(12-20(28)32-3)22(30)27-11-5-10-23(15-27,26-21(29)19(25)14-31-2)13-16-6-8-18(24)9-7-16/h6-9,17,19H,4-5,10-15,25H2,1-3H3,(H,26,29)/t17-,19+,23-/m1/s1. The van der Waals surface area contributed by atoms with E-state index in [2.05, 4.69) is 5.32 Å². The molecule has 1 aliphatic heterocycles. The van der Waals surface area contributed by atoms with Crippen molar-refractivity contribution in [2.24, 2.45) is 11.7 Å². The summed E-state index contributed by atoms with van der Waals surface area (Å²) in [6.07, 6.45) is 2.50. The summed E-state index contributed by atoms with van der Waals surface area (Å²) in [6, 6.07) is 6.63. The Labute approximate surface area is 194 Å². The molecule has 0 saturated carbocycles. The van der Waals surface area contributed by atoms with Crippen molar-refractivity contribution >= 4 is 29.4 Å². The van der Waals surface area contributed by atoms with E-state index in [0.717, 1.165) is 5.56 Å². The number of nitrogens with zero attached hydrogens (tertiary/aromatic N) is 1. The molecule has 9 heteroatoms. The number of carbonyl (C=O) groups excluding carboxylic acids is 3. The minimum Gasteiger partial charge on any atom is -0.469 e. The second-order valence-electron chi connectivity index (χ2n) is 8.38. The summed E-state index contributed by atoms with van der Waals surface area (Å²) in [6.45, 7) is 2.88. The Bertz CT molecular complexity index is 788. The molecule has 178 valence electrons. The first-order valence-corrected chi connectivity index (χ1v) is 11.3. The Morgan fingerprint density at radius 1 is 1.25 bits per heavy atom. The van der Waals surface area contributed by atoms with Gasteiger partial charge < -0.3 is 25.4 Å². The maximum atomic E-state index is 13.2. The lowest BCUT2D eigenvalue weighted by Crippen LogP contribution is -2.63. The summed E-state index contributed by atoms with van der Waals surface area (Å²) in [5, 5.41) is 3.74. The first kappa shape index (κ1) is 26.1. The lowest BCUT2D eigenvalue weighted by Gasteiger charge is -2.45. The number of nitrogens with two attached hydrogens (primary N) is 1. The van der Waals surface area contributed by atoms with Crippen molar-refractivity contribution < 1.29 is 23.9 Å². The van der Waals surface area contributed by atoms with Gasteiger partial charge in [0.15, 0.2) is 0 Å². The summed E-state index contributed by atoms with van der Waals surface area (Å²) in [4.78, 5) is 39.5. The highest BCUT2D eigenvalue weighted by Crippen LogP contribution is 2.28. The molecule has 0 radical (unpaired) electrons. The van der Waals surface area contributed by atoms with Crippen LogP contribution in [0.2, 0.25) is 5.02 Å². The first-order valence-electron chi connectivity index (χ1n) is 10.9. The normalized spacial score (nSPS) is 20.3. The molecule has 1 heterocycles. The van der Waals surface area contributed by atoms with Crippen molar-refractivity contribution in [1.29, 1.82) is 0 Å². The molecule has 0 aromatic heterocycles. The molecule has 2 rings (SSSR count). The van der Waals surface area contributed by atoms with Gasteiger partial charge >= 0.3 is 5.97 Å². The van der Waals surface area contributed by atoms with E-state index in [1.165, 1.54) is 14.2 Å². The number of halogens is 1. The van der Waals surface area contributed by atoms with E-state index in [0.29, 0.717) is 43.8 Å². The Morgan fingerprint density at radius 3 is 2.53 bits per heavy atom. The van der Waals surface area contributed by atoms with Crippen molar-refractivity contribution in [1.82, 2.24) is 10.2 Å². The highest BCUT2D eigenvalue weighted by molar-refractivity contribution is 6.30. The van der Waals surface area contributed by atoms with Crippen molar-refractivity contribution in [2.75, 3.05) is 33.9 Å². The number of carbonyl (C=O) groups is 3. The number of hydrogen-bond donors (Lipinski definition) is 2. The van der Waals surface area contributed by atoms with E-state index in [-0.39, 0.29) is 24.8 Å². The van der Waals surface area contributed by atoms with Crippen molar-refractivity contribution in [3.8, 4) is 0 Å². The quantitative estimate of drug-likeness (QED) is 0.508. The van der Waals surface area contributed by atoms with Gasteiger partial charge in [0.1, 0.15) is 6.04 Å². The minimum absolute atomic E-state index is 0.0393. The van der Waals surface area contributed by atoms with E-state index in [4.69, 9.17) is 26.8 Å². The molecule has 1 aromatic carbocycles. The van der Waals surface area contributed by atoms with Crippen LogP contribution < -0.4 is 11.1 Å². The second-order valence-corrected chi connectivity index (χ2v) is 8.82. The van der Waals surface area contributed by atoms with E-state index in [1.807, 2.05) is 19.1 Å². The van der Waals surface area contributed by atoms with Gasteiger partial charge in [-0.25, -0.2) is 0 Å². The molecule has 0 spiro atoms. The topological polar surface area (TPSA) is 111 Å². The Morgan fingerprint density at radius 2 is 1.94 bits per heavy atom. The predicted octanol–water partition coefficient (Wildman–Crippen LogP) is 1.92. The third kappa shape index (κ3) is 7.18. The Kier molecular flexibility index (Phi) is 9.93. The monoisotopic (exact) mass is 467 g/mol. The van der Waals surface area contributed by atoms with Crippen LogP contribution in [-0.4, -0.2) is 68.2 Å². The van der Waals surface area contributed by atoms with Crippen LogP contribution in [0.15, 0.2) is 24.3 Å². The zero-order valence-corrected chi connectivity index (χ0v) is 19.8. The Hall–Kier alpha value is -2.16. The molecular formula is C23H34ClN3O5. The number of nitrogens with one attached hydrogen (secondary N) is 1. The maximum Gasteiger partial charge on any atom is 0.306 e. The first-order chi connectivity index (χ1) is 15.2. The summed E-state index contributed by atoms with van der Waals surface area (Å²) >= 11 is 6.03. The van der Waals surface area contributed by atoms with Crippen LogP contribution in [0.3, 0.4) is 0 Å². The molecule has 1 saturated heterocycles. The van der Waals surface area contributed by atoms with Crippen molar-refractivity contribution in [3.63, 3.8) is 0 Å². The average Bonchev–Trinajstić information content (AvgIpc) is 2.78. The number of ether oxygens (including phenoxy) is 2. The lowest BCUT2D eigenvalue weighted by atomic mass is 9.82. The fourth-order valence-electron chi connectivity index (χ4n) is 4.16. The molecule has 8 nitrogen and oxygen atoms in total. The van der Waals surface area contributed by atoms with Gasteiger partial charge in [-0.15, -0.1) is 0 Å². The number of likely N-dealkylation sites (tertiary alicyclic amines) is 1. The smallest absolute Gasteiger partial charge is 0.306 e. The molecular weight excluding hydrogens is 434 g/mol. The van der Waals surface area contributed by atoms with E-state index < -0.39 is 23.5 Å². The average molecular weight is 468 g/mol. The fourth-order valence-corrected chi connectivity index (χ4v) is 4.29. The summed E-state index contributed by atoms with van der Waals surface area (Å²) in [7, 11) is 2.81. The van der Waals surface area contributed by atoms with Gasteiger partial charge in [0.05, 0.1) is 25.7 Å². The van der Waals surface area contributed by atoms with Crippen LogP contribution in [0.4, 0.5) is 0 Å². The molecule has 2 amide bonds. The third-order valence-corrected chi connectivity index (χ3v) is 6.15. The van der Waals surface area contributed by atoms with Gasteiger partial charge in [-0.1, -0.05) is 30.7 Å². The van der Waals surface area contributed by atoms with Crippen LogP contribution in [0.1, 0.15) is 38.2 Å². The second kappa shape index (κ2) is 12.2. The van der Waals surface area contributed by atoms with Crippen LogP contribution in [-0.2, 0) is 30.3 Å². The van der Waals surface area contributed by atoms with Gasteiger partial charge in [-0.2, -0.15) is 0 Å². The molecule has 1 aliphatic rings. The SMILES string of the molecule is CC[C@H](CC(=O)OC)C(=O)N1CCC[C@](Cc2ccc(Cl)cc2)(NC(=O)[C@@H](N)COC)C1. The highest BCUT2D eigenvalue weighted by atomic mass is 35.5. The molecule has 0 bridgehead atoms. The molecule has 32 heavy (non-hydrogen) atoms. The van der Waals surface area contributed by atoms with E-state index in [9.17, 15) is 14.4 Å². The lowest BCUT2D eigenvalue weighted by molar-refractivity contribution is -0.148. The molecule has 3 atom stereocenters. The fraction of sp³-hybridized carbons (Fsp3) is 0.609. The highest BCUT2D eigenvalue weighted by Gasteiger charge is 2.40. The maximum absolute atomic E-state index is 13.2. The summed E-state index contributed by atoms with van der Waals surface area (Å²) in [5.74, 6) is -1.29. The number of piperidine rings is 1. The number of amides is 2. The number of benzene rings is 1. The Balaban J connectivity index is 2.26. The largest absolute Gasteiger partial charge is 0.469 e. The van der Waals surface area contributed by atoms with Crippen molar-refractivity contribution in [2.45, 2.75) is 50.6 Å². The van der Waals surface area contributed by atoms with E-state index in [1.54, 1.807) is 17.0 Å². The van der Waals surface area contributed by atoms with Crippen LogP contribution in [0.5, 0.6) is 0 Å². The molecule has 1 aromatic rings. The predicted molar refractivity (Wildman–Crippen MR) is 122 cm³/mol. The summed E-state index contributed by atoms with van der Waals surface area (Å²) < 4.78 is 9.77. The molecule has 0 aliphatic carbocycles. The van der Waals surface area contributed by atoms with Crippen LogP contribution >= 0.6 is 11.6 Å². The number of esters is 1. The molecule has 0 unspecified atom stereocenters. The number of methoxy groups -OCH3 is 2. The number of hydrogen-bond acceptors (Lipinski definition) is 6. The van der Waals surface area contributed by atoms with Gasteiger partial charge in [0, 0.05) is 31.1 Å². The third-order valence-electron chi connectivity index (χ3n) is 5.90. The van der Waals surface area contributed by atoms with Crippen LogP contribution in [0, 0.1) is 5.92 Å².